The number of nitrogens with two attached hydrogens (primary N) is 1. The van der Waals surface area contributed by atoms with Crippen LogP contribution in [0.2, 0.25) is 0 Å². The molecule has 0 saturated carbocycles. The van der Waals surface area contributed by atoms with E-state index in [0.29, 0.717) is 17.0 Å². The lowest BCUT2D eigenvalue weighted by Crippen LogP contribution is -2.29. The molecule has 1 amide bonds. The number of fused-ring (bicyclic) bond motifs is 1. The Morgan fingerprint density at radius 2 is 1.89 bits per heavy atom. The number of aryl methyl sites for hydroxylation is 1. The Balaban J connectivity index is 1.41. The maximum Gasteiger partial charge on any atom is 0.291 e. The third kappa shape index (κ3) is 4.60. The summed E-state index contributed by atoms with van der Waals surface area (Å²) < 4.78 is 7.09. The van der Waals surface area contributed by atoms with Crippen LogP contribution in [-0.4, -0.2) is 44.5 Å². The maximum atomic E-state index is 12.9. The highest BCUT2D eigenvalue weighted by atomic mass is 16.5. The van der Waals surface area contributed by atoms with Crippen LogP contribution in [0.25, 0.3) is 5.69 Å². The number of amides is 1. The number of rotatable bonds is 4. The first-order valence-electron chi connectivity index (χ1n) is 11.1. The van der Waals surface area contributed by atoms with Gasteiger partial charge in [-0.15, -0.1) is 0 Å². The first-order chi connectivity index (χ1) is 17.5. The standard InChI is InChI=1S/C26H22N8O2/c1-16-13-18(11-12-21(16)34-15-29-14-30-34)23(27)36-26(28)33-24-25(35)31-20-10-6-5-9-19(20)22(32-24)17-7-3-2-4-8-17/h2-15,24,27H,1H3,(H2,28,33)(H,31,35). The van der Waals surface area contributed by atoms with Gasteiger partial charge in [-0.2, -0.15) is 10.1 Å². The molecule has 10 heteroatoms. The third-order valence-electron chi connectivity index (χ3n) is 5.55. The van der Waals surface area contributed by atoms with E-state index in [9.17, 15) is 4.79 Å². The van der Waals surface area contributed by atoms with Crippen molar-refractivity contribution in [1.82, 2.24) is 14.8 Å². The molecule has 10 nitrogen and oxygen atoms in total. The molecular formula is C26H22N8O2. The number of hydrogen-bond acceptors (Lipinski definition) is 7. The maximum absolute atomic E-state index is 12.9. The van der Waals surface area contributed by atoms with Crippen LogP contribution < -0.4 is 11.1 Å². The molecule has 0 saturated heterocycles. The fraction of sp³-hybridized carbons (Fsp3) is 0.0769. The number of benzodiazepines with no additional fused rings is 1. The lowest BCUT2D eigenvalue weighted by molar-refractivity contribution is -0.117. The zero-order chi connectivity index (χ0) is 25.1. The van der Waals surface area contributed by atoms with Gasteiger partial charge in [-0.3, -0.25) is 10.2 Å². The first kappa shape index (κ1) is 22.7. The van der Waals surface area contributed by atoms with Gasteiger partial charge in [0.25, 0.3) is 11.9 Å². The summed E-state index contributed by atoms with van der Waals surface area (Å²) in [4.78, 5) is 25.7. The molecule has 0 aliphatic carbocycles. The molecular weight excluding hydrogens is 456 g/mol. The quantitative estimate of drug-likeness (QED) is 0.305. The molecule has 1 unspecified atom stereocenters. The smallest absolute Gasteiger partial charge is 0.291 e. The van der Waals surface area contributed by atoms with Gasteiger partial charge in [0.1, 0.15) is 12.7 Å². The fourth-order valence-electron chi connectivity index (χ4n) is 3.86. The summed E-state index contributed by atoms with van der Waals surface area (Å²) in [5.74, 6) is -0.673. The van der Waals surface area contributed by atoms with E-state index in [4.69, 9.17) is 15.9 Å². The molecule has 1 aromatic heterocycles. The largest absolute Gasteiger partial charge is 0.407 e. The van der Waals surface area contributed by atoms with E-state index in [2.05, 4.69) is 25.4 Å². The number of carbonyl (C=O) groups is 1. The van der Waals surface area contributed by atoms with Gasteiger partial charge in [-0.25, -0.2) is 14.7 Å². The molecule has 4 aromatic rings. The van der Waals surface area contributed by atoms with Crippen molar-refractivity contribution in [3.63, 3.8) is 0 Å². The zero-order valence-electron chi connectivity index (χ0n) is 19.3. The minimum atomic E-state index is -1.20. The van der Waals surface area contributed by atoms with Gasteiger partial charge in [-0.1, -0.05) is 48.5 Å². The predicted molar refractivity (Wildman–Crippen MR) is 137 cm³/mol. The molecule has 5 rings (SSSR count). The number of para-hydroxylation sites is 1. The van der Waals surface area contributed by atoms with Crippen LogP contribution in [0, 0.1) is 12.3 Å². The summed E-state index contributed by atoms with van der Waals surface area (Å²) in [6.45, 7) is 1.89. The van der Waals surface area contributed by atoms with Crippen LogP contribution in [0.5, 0.6) is 0 Å². The second kappa shape index (κ2) is 9.63. The molecule has 0 spiro atoms. The van der Waals surface area contributed by atoms with Crippen molar-refractivity contribution in [2.24, 2.45) is 15.7 Å². The van der Waals surface area contributed by atoms with Gasteiger partial charge in [0.15, 0.2) is 0 Å². The van der Waals surface area contributed by atoms with Gasteiger partial charge in [0, 0.05) is 16.7 Å². The number of nitrogens with zero attached hydrogens (tertiary/aromatic N) is 5. The van der Waals surface area contributed by atoms with Gasteiger partial charge in [0.05, 0.1) is 17.1 Å². The Bertz CT molecular complexity index is 1490. The summed E-state index contributed by atoms with van der Waals surface area (Å²) in [5.41, 5.74) is 11.0. The molecule has 1 aliphatic rings. The van der Waals surface area contributed by atoms with Crippen molar-refractivity contribution in [3.8, 4) is 5.69 Å². The number of anilines is 1. The number of benzene rings is 3. The summed E-state index contributed by atoms with van der Waals surface area (Å²) in [7, 11) is 0. The number of carbonyl (C=O) groups excluding carboxylic acids is 1. The SMILES string of the molecule is Cc1cc(C(=N)OC(N)=NC2N=C(c3ccccc3)c3ccccc3NC2=O)ccc1-n1cncn1. The van der Waals surface area contributed by atoms with Gasteiger partial charge < -0.3 is 15.8 Å². The minimum absolute atomic E-state index is 0.214. The number of aromatic nitrogens is 3. The molecule has 36 heavy (non-hydrogen) atoms. The second-order valence-corrected chi connectivity index (χ2v) is 7.99. The van der Waals surface area contributed by atoms with E-state index < -0.39 is 12.1 Å². The van der Waals surface area contributed by atoms with E-state index >= 15 is 0 Å². The minimum Gasteiger partial charge on any atom is -0.407 e. The van der Waals surface area contributed by atoms with E-state index in [1.54, 1.807) is 35.3 Å². The van der Waals surface area contributed by atoms with Crippen molar-refractivity contribution < 1.29 is 9.53 Å². The molecule has 178 valence electrons. The zero-order valence-corrected chi connectivity index (χ0v) is 19.3. The fourth-order valence-corrected chi connectivity index (χ4v) is 3.86. The molecule has 3 aromatic carbocycles. The number of hydrogen-bond donors (Lipinski definition) is 3. The molecule has 2 heterocycles. The molecule has 1 aliphatic heterocycles. The molecule has 4 N–H and O–H groups in total. The molecule has 1 atom stereocenters. The molecule has 0 bridgehead atoms. The average Bonchev–Trinajstić information content (AvgIpc) is 3.37. The lowest BCUT2D eigenvalue weighted by Gasteiger charge is -2.11. The van der Waals surface area contributed by atoms with Crippen molar-refractivity contribution in [2.75, 3.05) is 5.32 Å². The van der Waals surface area contributed by atoms with Crippen LogP contribution in [0.1, 0.15) is 22.3 Å². The van der Waals surface area contributed by atoms with E-state index in [-0.39, 0.29) is 11.9 Å². The highest BCUT2D eigenvalue weighted by Gasteiger charge is 2.26. The Morgan fingerprint density at radius 3 is 2.64 bits per heavy atom. The molecule has 0 radical (unpaired) electrons. The van der Waals surface area contributed by atoms with Crippen molar-refractivity contribution in [1.29, 1.82) is 5.41 Å². The van der Waals surface area contributed by atoms with Gasteiger partial charge in [0.2, 0.25) is 12.1 Å². The van der Waals surface area contributed by atoms with Crippen LogP contribution in [0.4, 0.5) is 5.69 Å². The van der Waals surface area contributed by atoms with Gasteiger partial charge >= 0.3 is 0 Å². The van der Waals surface area contributed by atoms with E-state index in [1.807, 2.05) is 55.5 Å². The van der Waals surface area contributed by atoms with Crippen LogP contribution in [-0.2, 0) is 9.53 Å². The average molecular weight is 479 g/mol. The van der Waals surface area contributed by atoms with Crippen LogP contribution in [0.3, 0.4) is 0 Å². The normalized spacial score (nSPS) is 15.4. The van der Waals surface area contributed by atoms with Crippen molar-refractivity contribution in [3.05, 3.63) is 108 Å². The number of aliphatic imine (C=N–C) groups is 2. The van der Waals surface area contributed by atoms with Crippen LogP contribution in [0.15, 0.2) is 95.4 Å². The number of amidine groups is 1. The Labute approximate surface area is 206 Å². The number of ether oxygens (including phenoxy) is 1. The van der Waals surface area contributed by atoms with E-state index in [1.165, 1.54) is 6.33 Å². The van der Waals surface area contributed by atoms with E-state index in [0.717, 1.165) is 22.4 Å². The lowest BCUT2D eigenvalue weighted by atomic mass is 10.0. The second-order valence-electron chi connectivity index (χ2n) is 7.99. The van der Waals surface area contributed by atoms with Crippen molar-refractivity contribution >= 4 is 29.2 Å². The Kier molecular flexibility index (Phi) is 6.06. The first-order valence-corrected chi connectivity index (χ1v) is 11.1. The number of nitrogens with one attached hydrogen (secondary N) is 2. The highest BCUT2D eigenvalue weighted by Crippen LogP contribution is 2.24. The summed E-state index contributed by atoms with van der Waals surface area (Å²) in [6, 6.07) is 21.9. The third-order valence-corrected chi connectivity index (χ3v) is 5.55. The summed E-state index contributed by atoms with van der Waals surface area (Å²) in [6.07, 6.45) is 1.84. The monoisotopic (exact) mass is 478 g/mol. The highest BCUT2D eigenvalue weighted by molar-refractivity contribution is 6.19. The Hall–Kier alpha value is -5.12. The van der Waals surface area contributed by atoms with Crippen LogP contribution >= 0.6 is 0 Å². The Morgan fingerprint density at radius 1 is 1.11 bits per heavy atom. The summed E-state index contributed by atoms with van der Waals surface area (Å²) in [5, 5.41) is 15.3. The predicted octanol–water partition coefficient (Wildman–Crippen LogP) is 3.05. The van der Waals surface area contributed by atoms with Gasteiger partial charge in [-0.05, 0) is 36.8 Å². The molecule has 0 fully saturated rings. The van der Waals surface area contributed by atoms with Crippen molar-refractivity contribution in [2.45, 2.75) is 13.1 Å². The summed E-state index contributed by atoms with van der Waals surface area (Å²) >= 11 is 0. The topological polar surface area (TPSA) is 144 Å².